The lowest BCUT2D eigenvalue weighted by molar-refractivity contribution is -0.113. The first-order chi connectivity index (χ1) is 18.4. The number of amides is 1. The number of nitrogens with zero attached hydrogens (tertiary/aromatic N) is 2. The number of thioether (sulfide) groups is 1. The Morgan fingerprint density at radius 2 is 1.97 bits per heavy atom. The van der Waals surface area contributed by atoms with E-state index in [1.165, 1.54) is 23.7 Å². The first kappa shape index (κ1) is 26.6. The molecule has 10 heteroatoms. The molecule has 0 radical (unpaired) electrons. The number of fused-ring (bicyclic) bond motifs is 3. The lowest BCUT2D eigenvalue weighted by atomic mass is 9.97. The number of anilines is 1. The Morgan fingerprint density at radius 1 is 1.21 bits per heavy atom. The number of hydrogen-bond donors (Lipinski definition) is 1. The summed E-state index contributed by atoms with van der Waals surface area (Å²) < 4.78 is 12.6. The van der Waals surface area contributed by atoms with E-state index in [0.29, 0.717) is 39.3 Å². The van der Waals surface area contributed by atoms with Gasteiger partial charge in [0.25, 0.3) is 5.56 Å². The average Bonchev–Trinajstić information content (AvgIpc) is 3.29. The molecule has 7 nitrogen and oxygen atoms in total. The second-order valence-electron chi connectivity index (χ2n) is 8.99. The number of aromatic nitrogens is 2. The maximum absolute atomic E-state index is 13.9. The SMILES string of the molecule is CCOc1ccc(-n2c(SCC(=O)Nc3cc(C)c(Cl)cc3OC)nc3sc4c(c3c2=O)CCCC4)cc1. The number of methoxy groups -OCH3 is 1. The van der Waals surface area contributed by atoms with E-state index in [1.54, 1.807) is 28.0 Å². The van der Waals surface area contributed by atoms with Crippen molar-refractivity contribution in [2.75, 3.05) is 24.8 Å². The van der Waals surface area contributed by atoms with E-state index in [0.717, 1.165) is 47.4 Å². The van der Waals surface area contributed by atoms with Gasteiger partial charge in [0.05, 0.1) is 36.2 Å². The van der Waals surface area contributed by atoms with Gasteiger partial charge in [-0.15, -0.1) is 11.3 Å². The van der Waals surface area contributed by atoms with Crippen LogP contribution in [0, 0.1) is 6.92 Å². The van der Waals surface area contributed by atoms with Crippen LogP contribution in [0.3, 0.4) is 0 Å². The van der Waals surface area contributed by atoms with E-state index < -0.39 is 0 Å². The van der Waals surface area contributed by atoms with Gasteiger partial charge in [-0.25, -0.2) is 4.98 Å². The number of aryl methyl sites for hydroxylation is 3. The fourth-order valence-electron chi connectivity index (χ4n) is 4.62. The van der Waals surface area contributed by atoms with Crippen molar-refractivity contribution in [3.05, 3.63) is 67.8 Å². The van der Waals surface area contributed by atoms with Crippen molar-refractivity contribution in [3.8, 4) is 17.2 Å². The normalized spacial score (nSPS) is 12.8. The van der Waals surface area contributed by atoms with Crippen molar-refractivity contribution in [1.82, 2.24) is 9.55 Å². The molecular weight excluding hydrogens is 542 g/mol. The quantitative estimate of drug-likeness (QED) is 0.195. The van der Waals surface area contributed by atoms with E-state index in [-0.39, 0.29) is 17.2 Å². The highest BCUT2D eigenvalue weighted by Gasteiger charge is 2.23. The zero-order valence-electron chi connectivity index (χ0n) is 21.4. The van der Waals surface area contributed by atoms with Crippen LogP contribution in [0.1, 0.15) is 35.8 Å². The summed E-state index contributed by atoms with van der Waals surface area (Å²) >= 11 is 9.03. The average molecular weight is 570 g/mol. The van der Waals surface area contributed by atoms with Gasteiger partial charge in [-0.1, -0.05) is 23.4 Å². The Hall–Kier alpha value is -3.01. The highest BCUT2D eigenvalue weighted by molar-refractivity contribution is 7.99. The Bertz CT molecular complexity index is 1560. The van der Waals surface area contributed by atoms with Crippen molar-refractivity contribution in [1.29, 1.82) is 0 Å². The second kappa shape index (κ2) is 11.4. The summed E-state index contributed by atoms with van der Waals surface area (Å²) in [5.74, 6) is 1.03. The monoisotopic (exact) mass is 569 g/mol. The van der Waals surface area contributed by atoms with Crippen LogP contribution < -0.4 is 20.3 Å². The number of carbonyl (C=O) groups is 1. The molecule has 0 aliphatic heterocycles. The third kappa shape index (κ3) is 5.28. The number of benzene rings is 2. The summed E-state index contributed by atoms with van der Waals surface area (Å²) in [6.07, 6.45) is 4.08. The molecule has 0 atom stereocenters. The molecule has 0 saturated heterocycles. The minimum absolute atomic E-state index is 0.0604. The summed E-state index contributed by atoms with van der Waals surface area (Å²) in [5, 5.41) is 4.63. The van der Waals surface area contributed by atoms with Crippen molar-refractivity contribution < 1.29 is 14.3 Å². The second-order valence-corrected chi connectivity index (χ2v) is 11.4. The Labute approximate surface area is 234 Å². The molecule has 0 fully saturated rings. The summed E-state index contributed by atoms with van der Waals surface area (Å²) in [7, 11) is 1.53. The minimum atomic E-state index is -0.243. The molecule has 1 N–H and O–H groups in total. The fraction of sp³-hybridized carbons (Fsp3) is 0.321. The zero-order valence-corrected chi connectivity index (χ0v) is 23.8. The van der Waals surface area contributed by atoms with Crippen LogP contribution in [0.2, 0.25) is 5.02 Å². The smallest absolute Gasteiger partial charge is 0.267 e. The van der Waals surface area contributed by atoms with Gasteiger partial charge in [0.2, 0.25) is 5.91 Å². The molecule has 1 aliphatic carbocycles. The van der Waals surface area contributed by atoms with Crippen LogP contribution >= 0.6 is 34.7 Å². The molecule has 2 heterocycles. The third-order valence-corrected chi connectivity index (χ3v) is 8.98. The molecule has 0 bridgehead atoms. The molecule has 2 aromatic heterocycles. The number of carbonyl (C=O) groups excluding carboxylic acids is 1. The predicted octanol–water partition coefficient (Wildman–Crippen LogP) is 6.43. The molecule has 5 rings (SSSR count). The summed E-state index contributed by atoms with van der Waals surface area (Å²) in [6.45, 7) is 4.35. The van der Waals surface area contributed by atoms with Gasteiger partial charge in [-0.2, -0.15) is 0 Å². The van der Waals surface area contributed by atoms with Gasteiger partial charge < -0.3 is 14.8 Å². The first-order valence-electron chi connectivity index (χ1n) is 12.5. The number of hydrogen-bond acceptors (Lipinski definition) is 7. The van der Waals surface area contributed by atoms with E-state index >= 15 is 0 Å². The molecule has 0 spiro atoms. The maximum atomic E-state index is 13.9. The number of ether oxygens (including phenoxy) is 2. The summed E-state index contributed by atoms with van der Waals surface area (Å²) in [6, 6.07) is 10.8. The van der Waals surface area contributed by atoms with E-state index in [4.69, 9.17) is 26.1 Å². The first-order valence-corrected chi connectivity index (χ1v) is 14.6. The van der Waals surface area contributed by atoms with Crippen molar-refractivity contribution in [3.63, 3.8) is 0 Å². The highest BCUT2D eigenvalue weighted by atomic mass is 35.5. The van der Waals surface area contributed by atoms with Crippen molar-refractivity contribution in [2.24, 2.45) is 0 Å². The van der Waals surface area contributed by atoms with Crippen LogP contribution in [0.5, 0.6) is 11.5 Å². The molecular formula is C28H28ClN3O4S2. The number of halogens is 1. The Kier molecular flexibility index (Phi) is 7.97. The van der Waals surface area contributed by atoms with Crippen LogP contribution in [0.4, 0.5) is 5.69 Å². The molecule has 198 valence electrons. The van der Waals surface area contributed by atoms with Crippen LogP contribution in [-0.2, 0) is 17.6 Å². The largest absolute Gasteiger partial charge is 0.495 e. The topological polar surface area (TPSA) is 82.4 Å². The molecule has 38 heavy (non-hydrogen) atoms. The Balaban J connectivity index is 1.50. The lowest BCUT2D eigenvalue weighted by Gasteiger charge is -2.15. The van der Waals surface area contributed by atoms with E-state index in [9.17, 15) is 9.59 Å². The summed E-state index contributed by atoms with van der Waals surface area (Å²) in [4.78, 5) is 33.8. The number of thiophene rings is 1. The lowest BCUT2D eigenvalue weighted by Crippen LogP contribution is -2.23. The van der Waals surface area contributed by atoms with Gasteiger partial charge in [-0.05, 0) is 81.0 Å². The molecule has 1 aliphatic rings. The maximum Gasteiger partial charge on any atom is 0.267 e. The highest BCUT2D eigenvalue weighted by Crippen LogP contribution is 2.36. The molecule has 4 aromatic rings. The zero-order chi connectivity index (χ0) is 26.8. The van der Waals surface area contributed by atoms with Crippen LogP contribution in [0.15, 0.2) is 46.3 Å². The van der Waals surface area contributed by atoms with Crippen LogP contribution in [0.25, 0.3) is 15.9 Å². The van der Waals surface area contributed by atoms with E-state index in [1.807, 2.05) is 38.1 Å². The summed E-state index contributed by atoms with van der Waals surface area (Å²) in [5.41, 5.74) is 3.08. The standard InChI is InChI=1S/C28H28ClN3O4S2/c1-4-36-18-11-9-17(10-12-18)32-27(34)25-19-7-5-6-8-23(19)38-26(25)31-28(32)37-15-24(33)30-21-13-16(2)20(29)14-22(21)35-3/h9-14H,4-8,15H2,1-3H3,(H,30,33). The van der Waals surface area contributed by atoms with Gasteiger partial charge in [0, 0.05) is 16.0 Å². The molecule has 1 amide bonds. The van der Waals surface area contributed by atoms with Crippen molar-refractivity contribution in [2.45, 2.75) is 44.7 Å². The minimum Gasteiger partial charge on any atom is -0.495 e. The molecule has 2 aromatic carbocycles. The van der Waals surface area contributed by atoms with E-state index in [2.05, 4.69) is 5.32 Å². The van der Waals surface area contributed by atoms with Gasteiger partial charge in [0.1, 0.15) is 16.3 Å². The predicted molar refractivity (Wildman–Crippen MR) is 155 cm³/mol. The number of nitrogens with one attached hydrogen (secondary N) is 1. The Morgan fingerprint density at radius 3 is 2.71 bits per heavy atom. The van der Waals surface area contributed by atoms with Crippen molar-refractivity contribution >= 4 is 56.5 Å². The number of rotatable bonds is 8. The molecule has 0 saturated carbocycles. The fourth-order valence-corrected chi connectivity index (χ4v) is 6.88. The van der Waals surface area contributed by atoms with Gasteiger partial charge in [-0.3, -0.25) is 14.2 Å². The molecule has 0 unspecified atom stereocenters. The van der Waals surface area contributed by atoms with Crippen LogP contribution in [-0.4, -0.2) is 34.9 Å². The third-order valence-electron chi connectivity index (χ3n) is 6.45. The van der Waals surface area contributed by atoms with Gasteiger partial charge >= 0.3 is 0 Å². The van der Waals surface area contributed by atoms with Gasteiger partial charge in [0.15, 0.2) is 5.16 Å².